The minimum absolute atomic E-state index is 0.00849. The van der Waals surface area contributed by atoms with Gasteiger partial charge in [-0.3, -0.25) is 0 Å². The first kappa shape index (κ1) is 12.5. The fraction of sp³-hybridized carbons (Fsp3) is 0.250. The number of para-hydroxylation sites is 2. The highest BCUT2D eigenvalue weighted by Gasteiger charge is 2.21. The van der Waals surface area contributed by atoms with Crippen LogP contribution in [-0.4, -0.2) is 11.7 Å². The van der Waals surface area contributed by atoms with Gasteiger partial charge in [0, 0.05) is 17.8 Å². The normalized spacial score (nSPS) is 14.3. The number of benzene rings is 2. The second kappa shape index (κ2) is 5.24. The van der Waals surface area contributed by atoms with Gasteiger partial charge in [0.25, 0.3) is 0 Å². The molecule has 0 unspecified atom stereocenters. The highest BCUT2D eigenvalue weighted by Crippen LogP contribution is 2.39. The Bertz CT molecular complexity index is 597. The molecule has 1 heterocycles. The van der Waals surface area contributed by atoms with Crippen LogP contribution in [0.1, 0.15) is 17.5 Å². The van der Waals surface area contributed by atoms with Crippen molar-refractivity contribution in [3.63, 3.8) is 0 Å². The van der Waals surface area contributed by atoms with Gasteiger partial charge in [-0.25, -0.2) is 0 Å². The van der Waals surface area contributed by atoms with Gasteiger partial charge < -0.3 is 10.0 Å². The minimum atomic E-state index is 0.00849. The number of anilines is 2. The summed E-state index contributed by atoms with van der Waals surface area (Å²) in [4.78, 5) is 2.23. The van der Waals surface area contributed by atoms with Gasteiger partial charge in [0.05, 0.1) is 17.3 Å². The first-order valence-electron chi connectivity index (χ1n) is 6.55. The van der Waals surface area contributed by atoms with Gasteiger partial charge in [0.15, 0.2) is 0 Å². The summed E-state index contributed by atoms with van der Waals surface area (Å²) in [6, 6.07) is 14.1. The Labute approximate surface area is 118 Å². The number of hydrogen-bond acceptors (Lipinski definition) is 2. The van der Waals surface area contributed by atoms with Crippen molar-refractivity contribution in [3.8, 4) is 0 Å². The highest BCUT2D eigenvalue weighted by atomic mass is 35.5. The van der Waals surface area contributed by atoms with E-state index in [1.165, 1.54) is 11.3 Å². The van der Waals surface area contributed by atoms with E-state index in [0.717, 1.165) is 30.6 Å². The van der Waals surface area contributed by atoms with Crippen molar-refractivity contribution in [2.45, 2.75) is 19.4 Å². The Morgan fingerprint density at radius 1 is 1.11 bits per heavy atom. The maximum Gasteiger partial charge on any atom is 0.0702 e. The Hall–Kier alpha value is -1.51. The number of aliphatic hydroxyl groups is 1. The van der Waals surface area contributed by atoms with E-state index in [1.807, 2.05) is 24.3 Å². The van der Waals surface area contributed by atoms with E-state index in [4.69, 9.17) is 11.6 Å². The molecule has 19 heavy (non-hydrogen) atoms. The summed E-state index contributed by atoms with van der Waals surface area (Å²) in [6.07, 6.45) is 2.21. The van der Waals surface area contributed by atoms with Crippen LogP contribution >= 0.6 is 11.6 Å². The molecule has 1 N–H and O–H groups in total. The van der Waals surface area contributed by atoms with Gasteiger partial charge in [-0.15, -0.1) is 0 Å². The first-order chi connectivity index (χ1) is 9.31. The number of aliphatic hydroxyl groups excluding tert-OH is 1. The molecule has 2 nitrogen and oxygen atoms in total. The van der Waals surface area contributed by atoms with E-state index >= 15 is 0 Å². The van der Waals surface area contributed by atoms with Crippen LogP contribution in [0.5, 0.6) is 0 Å². The Balaban J connectivity index is 2.14. The van der Waals surface area contributed by atoms with Crippen LogP contribution in [0, 0.1) is 0 Å². The van der Waals surface area contributed by atoms with E-state index in [9.17, 15) is 5.11 Å². The molecule has 1 aliphatic rings. The number of aryl methyl sites for hydroxylation is 1. The zero-order valence-corrected chi connectivity index (χ0v) is 11.4. The van der Waals surface area contributed by atoms with E-state index in [1.54, 1.807) is 0 Å². The topological polar surface area (TPSA) is 23.5 Å². The minimum Gasteiger partial charge on any atom is -0.392 e. The lowest BCUT2D eigenvalue weighted by molar-refractivity contribution is 0.282. The third kappa shape index (κ3) is 2.22. The van der Waals surface area contributed by atoms with E-state index in [-0.39, 0.29) is 6.61 Å². The van der Waals surface area contributed by atoms with Crippen LogP contribution in [0.3, 0.4) is 0 Å². The lowest BCUT2D eigenvalue weighted by Crippen LogP contribution is -2.25. The second-order valence-electron chi connectivity index (χ2n) is 4.79. The fourth-order valence-electron chi connectivity index (χ4n) is 2.76. The molecule has 0 atom stereocenters. The van der Waals surface area contributed by atoms with Crippen molar-refractivity contribution < 1.29 is 5.11 Å². The summed E-state index contributed by atoms with van der Waals surface area (Å²) in [5.74, 6) is 0. The summed E-state index contributed by atoms with van der Waals surface area (Å²) in [5, 5.41) is 10.2. The molecule has 3 rings (SSSR count). The van der Waals surface area contributed by atoms with Gasteiger partial charge in [-0.05, 0) is 30.5 Å². The first-order valence-corrected chi connectivity index (χ1v) is 6.93. The number of rotatable bonds is 2. The summed E-state index contributed by atoms with van der Waals surface area (Å²) >= 11 is 6.36. The van der Waals surface area contributed by atoms with Crippen molar-refractivity contribution in [1.82, 2.24) is 0 Å². The lowest BCUT2D eigenvalue weighted by Gasteiger charge is -2.33. The maximum atomic E-state index is 9.54. The molecule has 0 spiro atoms. The zero-order chi connectivity index (χ0) is 13.2. The molecule has 1 aliphatic heterocycles. The van der Waals surface area contributed by atoms with Crippen LogP contribution in [-0.2, 0) is 13.0 Å². The molecule has 0 radical (unpaired) electrons. The molecule has 3 heteroatoms. The van der Waals surface area contributed by atoms with Crippen LogP contribution < -0.4 is 4.90 Å². The second-order valence-corrected chi connectivity index (χ2v) is 5.20. The number of fused-ring (bicyclic) bond motifs is 1. The quantitative estimate of drug-likeness (QED) is 0.897. The Morgan fingerprint density at radius 3 is 2.79 bits per heavy atom. The van der Waals surface area contributed by atoms with Crippen molar-refractivity contribution in [3.05, 3.63) is 58.6 Å². The van der Waals surface area contributed by atoms with E-state index in [2.05, 4.69) is 23.1 Å². The molecule has 2 aromatic carbocycles. The van der Waals surface area contributed by atoms with Crippen molar-refractivity contribution in [1.29, 1.82) is 0 Å². The molecule has 2 aromatic rings. The monoisotopic (exact) mass is 273 g/mol. The van der Waals surface area contributed by atoms with Gasteiger partial charge in [0.1, 0.15) is 0 Å². The fourth-order valence-corrected chi connectivity index (χ4v) is 3.05. The van der Waals surface area contributed by atoms with Crippen molar-refractivity contribution in [2.24, 2.45) is 0 Å². The van der Waals surface area contributed by atoms with Crippen LogP contribution in [0.4, 0.5) is 11.4 Å². The number of hydrogen-bond donors (Lipinski definition) is 1. The largest absolute Gasteiger partial charge is 0.392 e. The van der Waals surface area contributed by atoms with Gasteiger partial charge in [0.2, 0.25) is 0 Å². The number of halogens is 1. The SMILES string of the molecule is OCc1cccc(Cl)c1N1CCCc2ccccc21. The van der Waals surface area contributed by atoms with Crippen LogP contribution in [0.15, 0.2) is 42.5 Å². The van der Waals surface area contributed by atoms with Gasteiger partial charge >= 0.3 is 0 Å². The predicted molar refractivity (Wildman–Crippen MR) is 79.1 cm³/mol. The van der Waals surface area contributed by atoms with Gasteiger partial charge in [-0.1, -0.05) is 41.9 Å². The molecule has 0 aromatic heterocycles. The summed E-state index contributed by atoms with van der Waals surface area (Å²) in [7, 11) is 0. The van der Waals surface area contributed by atoms with Crippen molar-refractivity contribution in [2.75, 3.05) is 11.4 Å². The third-order valence-electron chi connectivity index (χ3n) is 3.62. The smallest absolute Gasteiger partial charge is 0.0702 e. The Morgan fingerprint density at radius 2 is 1.95 bits per heavy atom. The lowest BCUT2D eigenvalue weighted by atomic mass is 10.00. The molecular weight excluding hydrogens is 258 g/mol. The molecule has 0 amide bonds. The molecule has 0 saturated carbocycles. The molecule has 0 bridgehead atoms. The molecule has 0 saturated heterocycles. The highest BCUT2D eigenvalue weighted by molar-refractivity contribution is 6.33. The third-order valence-corrected chi connectivity index (χ3v) is 3.93. The van der Waals surface area contributed by atoms with E-state index < -0.39 is 0 Å². The summed E-state index contributed by atoms with van der Waals surface area (Å²) in [6.45, 7) is 0.947. The Kier molecular flexibility index (Phi) is 3.45. The molecule has 98 valence electrons. The van der Waals surface area contributed by atoms with Crippen LogP contribution in [0.25, 0.3) is 0 Å². The predicted octanol–water partition coefficient (Wildman–Crippen LogP) is 3.92. The number of nitrogens with zero attached hydrogens (tertiary/aromatic N) is 1. The molecule has 0 aliphatic carbocycles. The molecule has 0 fully saturated rings. The summed E-state index contributed by atoms with van der Waals surface area (Å²) < 4.78 is 0. The zero-order valence-electron chi connectivity index (χ0n) is 10.6. The average Bonchev–Trinajstić information content (AvgIpc) is 2.46. The maximum absolute atomic E-state index is 9.54. The average molecular weight is 274 g/mol. The molecular formula is C16H16ClNO. The van der Waals surface area contributed by atoms with Crippen molar-refractivity contribution >= 4 is 23.0 Å². The van der Waals surface area contributed by atoms with E-state index in [0.29, 0.717) is 5.02 Å². The van der Waals surface area contributed by atoms with Gasteiger partial charge in [-0.2, -0.15) is 0 Å². The van der Waals surface area contributed by atoms with Crippen LogP contribution in [0.2, 0.25) is 5.02 Å². The summed E-state index contributed by atoms with van der Waals surface area (Å²) in [5.41, 5.74) is 4.37. The standard InChI is InChI=1S/C16H16ClNO/c17-14-8-3-6-13(11-19)16(14)18-10-4-7-12-5-1-2-9-15(12)18/h1-3,5-6,8-9,19H,4,7,10-11H2.